The maximum absolute atomic E-state index is 9.92. The Morgan fingerprint density at radius 1 is 1.33 bits per heavy atom. The van der Waals surface area contributed by atoms with Crippen LogP contribution in [-0.2, 0) is 0 Å². The van der Waals surface area contributed by atoms with E-state index in [1.807, 2.05) is 11.4 Å². The topological polar surface area (TPSA) is 65.3 Å². The molecule has 1 aromatic carbocycles. The summed E-state index contributed by atoms with van der Waals surface area (Å²) >= 11 is 1.69. The highest BCUT2D eigenvalue weighted by Gasteiger charge is 2.10. The third-order valence-electron chi connectivity index (χ3n) is 3.06. The molecule has 1 heterocycles. The highest BCUT2D eigenvalue weighted by Crippen LogP contribution is 2.18. The highest BCUT2D eigenvalue weighted by molar-refractivity contribution is 7.10. The van der Waals surface area contributed by atoms with Gasteiger partial charge in [0.25, 0.3) is 0 Å². The van der Waals surface area contributed by atoms with E-state index in [-0.39, 0.29) is 12.6 Å². The second-order valence-electron chi connectivity index (χ2n) is 4.75. The number of nitriles is 1. The van der Waals surface area contributed by atoms with Gasteiger partial charge in [0.15, 0.2) is 0 Å². The number of nitrogens with zero attached hydrogens (tertiary/aromatic N) is 1. The molecule has 1 aromatic heterocycles. The smallest absolute Gasteiger partial charge is 0.119 e. The van der Waals surface area contributed by atoms with Gasteiger partial charge in [-0.3, -0.25) is 0 Å². The Balaban J connectivity index is 1.72. The van der Waals surface area contributed by atoms with E-state index < -0.39 is 6.10 Å². The predicted molar refractivity (Wildman–Crippen MR) is 83.4 cm³/mol. The van der Waals surface area contributed by atoms with E-state index in [1.165, 1.54) is 4.88 Å². The monoisotopic (exact) mass is 302 g/mol. The van der Waals surface area contributed by atoms with E-state index in [4.69, 9.17) is 10.00 Å². The molecule has 2 atom stereocenters. The van der Waals surface area contributed by atoms with Crippen molar-refractivity contribution < 1.29 is 9.84 Å². The molecular weight excluding hydrogens is 284 g/mol. The minimum absolute atomic E-state index is 0.217. The van der Waals surface area contributed by atoms with Gasteiger partial charge in [-0.15, -0.1) is 11.3 Å². The first-order valence-electron chi connectivity index (χ1n) is 6.77. The van der Waals surface area contributed by atoms with Crippen LogP contribution in [0.5, 0.6) is 5.75 Å². The summed E-state index contributed by atoms with van der Waals surface area (Å²) in [5.41, 5.74) is 0.592. The van der Waals surface area contributed by atoms with Crippen molar-refractivity contribution >= 4 is 11.3 Å². The first-order chi connectivity index (χ1) is 10.2. The molecule has 2 N–H and O–H groups in total. The Morgan fingerprint density at radius 3 is 2.71 bits per heavy atom. The maximum Gasteiger partial charge on any atom is 0.119 e. The number of ether oxygens (including phenoxy) is 1. The van der Waals surface area contributed by atoms with Gasteiger partial charge in [-0.25, -0.2) is 0 Å². The first kappa shape index (κ1) is 15.5. The van der Waals surface area contributed by atoms with Crippen LogP contribution in [0.2, 0.25) is 0 Å². The molecule has 0 amide bonds. The molecule has 2 unspecified atom stereocenters. The van der Waals surface area contributed by atoms with Crippen LogP contribution in [0.4, 0.5) is 0 Å². The van der Waals surface area contributed by atoms with Gasteiger partial charge in [0.2, 0.25) is 0 Å². The maximum atomic E-state index is 9.92. The molecule has 110 valence electrons. The Hall–Kier alpha value is -1.87. The molecule has 0 saturated carbocycles. The fourth-order valence-electron chi connectivity index (χ4n) is 1.83. The standard InChI is InChI=1S/C16H18N2O2S/c1-12(16-3-2-8-21-16)18-10-14(19)11-20-15-6-4-13(9-17)5-7-15/h2-8,12,14,18-19H,10-11H2,1H3. The predicted octanol–water partition coefficient (Wildman–Crippen LogP) is 2.71. The molecule has 0 fully saturated rings. The van der Waals surface area contributed by atoms with Gasteiger partial charge in [-0.1, -0.05) is 6.07 Å². The lowest BCUT2D eigenvalue weighted by Crippen LogP contribution is -2.32. The van der Waals surface area contributed by atoms with E-state index in [2.05, 4.69) is 24.4 Å². The first-order valence-corrected chi connectivity index (χ1v) is 7.65. The van der Waals surface area contributed by atoms with Gasteiger partial charge in [-0.05, 0) is 42.6 Å². The average molecular weight is 302 g/mol. The Labute approximate surface area is 128 Å². The van der Waals surface area contributed by atoms with Crippen molar-refractivity contribution in [2.75, 3.05) is 13.2 Å². The van der Waals surface area contributed by atoms with E-state index in [0.717, 1.165) is 0 Å². The zero-order valence-electron chi connectivity index (χ0n) is 11.8. The van der Waals surface area contributed by atoms with Crippen molar-refractivity contribution in [3.8, 4) is 11.8 Å². The lowest BCUT2D eigenvalue weighted by Gasteiger charge is -2.16. The van der Waals surface area contributed by atoms with Crippen molar-refractivity contribution in [2.24, 2.45) is 0 Å². The van der Waals surface area contributed by atoms with Crippen LogP contribution in [-0.4, -0.2) is 24.4 Å². The third kappa shape index (κ3) is 4.87. The van der Waals surface area contributed by atoms with Crippen LogP contribution < -0.4 is 10.1 Å². The third-order valence-corrected chi connectivity index (χ3v) is 4.11. The summed E-state index contributed by atoms with van der Waals surface area (Å²) < 4.78 is 5.49. The van der Waals surface area contributed by atoms with Crippen LogP contribution in [0, 0.1) is 11.3 Å². The van der Waals surface area contributed by atoms with Gasteiger partial charge in [0, 0.05) is 17.5 Å². The number of hydrogen-bond acceptors (Lipinski definition) is 5. The molecule has 0 aliphatic carbocycles. The summed E-state index contributed by atoms with van der Waals surface area (Å²) in [6.07, 6.45) is -0.581. The summed E-state index contributed by atoms with van der Waals surface area (Å²) in [4.78, 5) is 1.25. The molecular formula is C16H18N2O2S. The second-order valence-corrected chi connectivity index (χ2v) is 5.73. The summed E-state index contributed by atoms with van der Waals surface area (Å²) in [6.45, 7) is 2.76. The molecule has 2 rings (SSSR count). The SMILES string of the molecule is CC(NCC(O)COc1ccc(C#N)cc1)c1cccs1. The molecule has 21 heavy (non-hydrogen) atoms. The number of benzene rings is 1. The lowest BCUT2D eigenvalue weighted by atomic mass is 10.2. The Kier molecular flexibility index (Phi) is 5.76. The van der Waals surface area contributed by atoms with Gasteiger partial charge in [0.1, 0.15) is 18.5 Å². The molecule has 0 radical (unpaired) electrons. The quantitative estimate of drug-likeness (QED) is 0.825. The van der Waals surface area contributed by atoms with Crippen molar-refractivity contribution in [1.29, 1.82) is 5.26 Å². The summed E-state index contributed by atoms with van der Waals surface area (Å²) in [6, 6.07) is 13.2. The van der Waals surface area contributed by atoms with Crippen molar-refractivity contribution in [1.82, 2.24) is 5.32 Å². The fourth-order valence-corrected chi connectivity index (χ4v) is 2.59. The lowest BCUT2D eigenvalue weighted by molar-refractivity contribution is 0.104. The van der Waals surface area contributed by atoms with E-state index in [1.54, 1.807) is 35.6 Å². The molecule has 0 aliphatic rings. The van der Waals surface area contributed by atoms with Crippen LogP contribution in [0.25, 0.3) is 0 Å². The Bertz CT molecular complexity index is 575. The van der Waals surface area contributed by atoms with Gasteiger partial charge < -0.3 is 15.2 Å². The summed E-state index contributed by atoms with van der Waals surface area (Å²) in [5.74, 6) is 0.652. The summed E-state index contributed by atoms with van der Waals surface area (Å²) in [7, 11) is 0. The average Bonchev–Trinajstić information content (AvgIpc) is 3.05. The van der Waals surface area contributed by atoms with E-state index in [9.17, 15) is 5.11 Å². The minimum atomic E-state index is -0.581. The molecule has 0 bridgehead atoms. The van der Waals surface area contributed by atoms with Crippen LogP contribution in [0.3, 0.4) is 0 Å². The molecule has 0 saturated heterocycles. The van der Waals surface area contributed by atoms with E-state index in [0.29, 0.717) is 17.9 Å². The Morgan fingerprint density at radius 2 is 2.10 bits per heavy atom. The normalized spacial score (nSPS) is 13.4. The second kappa shape index (κ2) is 7.79. The number of hydrogen-bond donors (Lipinski definition) is 2. The number of thiophene rings is 1. The zero-order valence-corrected chi connectivity index (χ0v) is 12.6. The van der Waals surface area contributed by atoms with Crippen LogP contribution >= 0.6 is 11.3 Å². The van der Waals surface area contributed by atoms with Gasteiger partial charge in [0.05, 0.1) is 11.6 Å². The number of nitrogens with one attached hydrogen (secondary N) is 1. The molecule has 4 nitrogen and oxygen atoms in total. The summed E-state index contributed by atoms with van der Waals surface area (Å²) in [5, 5.41) is 23.9. The van der Waals surface area contributed by atoms with Crippen LogP contribution in [0.15, 0.2) is 41.8 Å². The van der Waals surface area contributed by atoms with Crippen molar-refractivity contribution in [3.05, 3.63) is 52.2 Å². The molecule has 5 heteroatoms. The molecule has 2 aromatic rings. The highest BCUT2D eigenvalue weighted by atomic mass is 32.1. The van der Waals surface area contributed by atoms with Crippen molar-refractivity contribution in [3.63, 3.8) is 0 Å². The van der Waals surface area contributed by atoms with Gasteiger partial charge >= 0.3 is 0 Å². The van der Waals surface area contributed by atoms with E-state index >= 15 is 0 Å². The van der Waals surface area contributed by atoms with Crippen LogP contribution in [0.1, 0.15) is 23.4 Å². The minimum Gasteiger partial charge on any atom is -0.491 e. The number of rotatable bonds is 7. The fraction of sp³-hybridized carbons (Fsp3) is 0.312. The molecule has 0 aliphatic heterocycles. The largest absolute Gasteiger partial charge is 0.491 e. The number of aliphatic hydroxyl groups is 1. The number of aliphatic hydroxyl groups excluding tert-OH is 1. The van der Waals surface area contributed by atoms with Crippen molar-refractivity contribution in [2.45, 2.75) is 19.1 Å². The molecule has 0 spiro atoms. The zero-order chi connectivity index (χ0) is 15.1. The van der Waals surface area contributed by atoms with Gasteiger partial charge in [-0.2, -0.15) is 5.26 Å².